The Morgan fingerprint density at radius 2 is 1.54 bits per heavy atom. The smallest absolute Gasteiger partial charge is 0.310 e. The molecule has 5 nitrogen and oxygen atoms in total. The maximum Gasteiger partial charge on any atom is 0.310 e. The fourth-order valence-electron chi connectivity index (χ4n) is 7.96. The van der Waals surface area contributed by atoms with Crippen molar-refractivity contribution in [3.63, 3.8) is 0 Å². The third-order valence-corrected chi connectivity index (χ3v) is 16.9. The van der Waals surface area contributed by atoms with Crippen LogP contribution in [0.2, 0.25) is 18.1 Å². The Kier molecular flexibility index (Phi) is 7.53. The highest BCUT2D eigenvalue weighted by Crippen LogP contribution is 3.02. The van der Waals surface area contributed by atoms with E-state index < -0.39 is 35.1 Å². The van der Waals surface area contributed by atoms with Gasteiger partial charge >= 0.3 is 10.2 Å². The van der Waals surface area contributed by atoms with Crippen LogP contribution in [0.15, 0.2) is 29.2 Å². The molecule has 2 fully saturated rings. The van der Waals surface area contributed by atoms with Gasteiger partial charge in [0.2, 0.25) is 5.69 Å². The molecule has 1 unspecified atom stereocenters. The second-order valence-electron chi connectivity index (χ2n) is 16.4. The average Bonchev–Trinajstić information content (AvgIpc) is 3.52. The molecule has 2 atom stereocenters. The van der Waals surface area contributed by atoms with Gasteiger partial charge in [-0.25, -0.2) is 0 Å². The van der Waals surface area contributed by atoms with Crippen LogP contribution in [0.3, 0.4) is 0 Å². The molecule has 0 bridgehead atoms. The standard InChI is InChI=1S/C34H48F5NO4SSi/c1-32(2,3)46(6,7)44-26-21-33(4,5)20-25-27(26)29-28(30(40(25)41)22-14-18-42-19-15-22)31(43-34(29)16-8-9-17-34)23-10-12-24(13-11-23)45(35,36,37,38)39/h10-13,22,26,31H,8-9,14-21H2,1-7H3/t26?,31-/m1/s1. The van der Waals surface area contributed by atoms with E-state index in [1.807, 2.05) is 0 Å². The third kappa shape index (κ3) is 5.92. The van der Waals surface area contributed by atoms with Crippen molar-refractivity contribution in [3.8, 4) is 0 Å². The lowest BCUT2D eigenvalue weighted by atomic mass is 9.70. The van der Waals surface area contributed by atoms with E-state index in [9.17, 15) is 24.6 Å². The summed E-state index contributed by atoms with van der Waals surface area (Å²) in [5.74, 6) is -0.137. The molecule has 6 rings (SSSR count). The van der Waals surface area contributed by atoms with E-state index in [0.717, 1.165) is 47.3 Å². The lowest BCUT2D eigenvalue weighted by Crippen LogP contribution is -2.49. The van der Waals surface area contributed by atoms with Crippen molar-refractivity contribution in [1.82, 2.24) is 0 Å². The van der Waals surface area contributed by atoms with Crippen LogP contribution >= 0.6 is 10.2 Å². The van der Waals surface area contributed by atoms with Crippen LogP contribution in [0.4, 0.5) is 19.4 Å². The molecule has 3 heterocycles. The summed E-state index contributed by atoms with van der Waals surface area (Å²) >= 11 is 0. The van der Waals surface area contributed by atoms with Crippen molar-refractivity contribution in [3.05, 3.63) is 63.1 Å². The van der Waals surface area contributed by atoms with Crippen LogP contribution < -0.4 is 4.73 Å². The average molecular weight is 690 g/mol. The Labute approximate surface area is 270 Å². The van der Waals surface area contributed by atoms with Gasteiger partial charge in [0.05, 0.1) is 22.8 Å². The number of nitrogens with zero attached hydrogens (tertiary/aromatic N) is 1. The zero-order valence-electron chi connectivity index (χ0n) is 28.0. The summed E-state index contributed by atoms with van der Waals surface area (Å²) in [6, 6.07) is 3.13. The molecule has 2 aromatic rings. The van der Waals surface area contributed by atoms with Gasteiger partial charge in [0.1, 0.15) is 11.0 Å². The number of aromatic nitrogens is 1. The first-order valence-corrected chi connectivity index (χ1v) is 21.4. The molecule has 0 N–H and O–H groups in total. The first kappa shape index (κ1) is 34.1. The number of halogens is 5. The van der Waals surface area contributed by atoms with Gasteiger partial charge in [0, 0.05) is 31.1 Å². The minimum Gasteiger partial charge on any atom is -0.618 e. The molecule has 46 heavy (non-hydrogen) atoms. The van der Waals surface area contributed by atoms with Gasteiger partial charge in [0.25, 0.3) is 0 Å². The van der Waals surface area contributed by atoms with Crippen molar-refractivity contribution in [1.29, 1.82) is 0 Å². The first-order chi connectivity index (χ1) is 20.9. The van der Waals surface area contributed by atoms with Crippen molar-refractivity contribution < 1.29 is 38.1 Å². The summed E-state index contributed by atoms with van der Waals surface area (Å²) in [6.07, 6.45) is 4.54. The fourth-order valence-corrected chi connectivity index (χ4v) is 9.88. The lowest BCUT2D eigenvalue weighted by Gasteiger charge is -2.45. The van der Waals surface area contributed by atoms with Crippen LogP contribution in [0.5, 0.6) is 0 Å². The highest BCUT2D eigenvalue weighted by Gasteiger charge is 2.65. The van der Waals surface area contributed by atoms with Crippen LogP contribution in [0.25, 0.3) is 0 Å². The second-order valence-corrected chi connectivity index (χ2v) is 23.5. The number of ether oxygens (including phenoxy) is 2. The molecule has 258 valence electrons. The fraction of sp³-hybridized carbons (Fsp3) is 0.676. The molecule has 4 aliphatic rings. The molecule has 1 saturated heterocycles. The Balaban J connectivity index is 1.63. The molecule has 12 heteroatoms. The predicted octanol–water partition coefficient (Wildman–Crippen LogP) is 10.8. The van der Waals surface area contributed by atoms with Crippen molar-refractivity contribution >= 4 is 18.5 Å². The van der Waals surface area contributed by atoms with E-state index in [1.165, 1.54) is 0 Å². The largest absolute Gasteiger partial charge is 0.618 e. The number of rotatable bonds is 5. The van der Waals surface area contributed by atoms with Gasteiger partial charge in [0.15, 0.2) is 14.0 Å². The summed E-state index contributed by atoms with van der Waals surface area (Å²) in [5, 5.41) is 14.8. The molecule has 2 aliphatic heterocycles. The van der Waals surface area contributed by atoms with Gasteiger partial charge in [-0.3, -0.25) is 0 Å². The Morgan fingerprint density at radius 3 is 2.09 bits per heavy atom. The normalized spacial score (nSPS) is 26.4. The Hall–Kier alpha value is -1.73. The van der Waals surface area contributed by atoms with E-state index >= 15 is 0 Å². The lowest BCUT2D eigenvalue weighted by molar-refractivity contribution is -0.627. The summed E-state index contributed by atoms with van der Waals surface area (Å²) in [6.45, 7) is 16.3. The summed E-state index contributed by atoms with van der Waals surface area (Å²) < 4.78 is 89.5. The molecule has 1 aromatic heterocycles. The molecule has 1 saturated carbocycles. The second kappa shape index (κ2) is 10.1. The van der Waals surface area contributed by atoms with Crippen LogP contribution in [0.1, 0.15) is 131 Å². The Bertz CT molecular complexity index is 1530. The number of hydrogen-bond donors (Lipinski definition) is 0. The molecule has 2 aliphatic carbocycles. The third-order valence-electron chi connectivity index (χ3n) is 11.2. The van der Waals surface area contributed by atoms with E-state index in [2.05, 4.69) is 47.7 Å². The number of pyridine rings is 1. The first-order valence-electron chi connectivity index (χ1n) is 16.5. The maximum atomic E-state index is 14.9. The van der Waals surface area contributed by atoms with E-state index in [4.69, 9.17) is 13.9 Å². The zero-order chi connectivity index (χ0) is 33.8. The molecule has 0 radical (unpaired) electrons. The van der Waals surface area contributed by atoms with E-state index in [1.54, 1.807) is 0 Å². The van der Waals surface area contributed by atoms with Gasteiger partial charge in [-0.15, -0.1) is 0 Å². The molecular weight excluding hydrogens is 642 g/mol. The molecule has 0 amide bonds. The number of benzene rings is 1. The zero-order valence-corrected chi connectivity index (χ0v) is 29.8. The minimum absolute atomic E-state index is 0.0813. The minimum atomic E-state index is -9.87. The molecular formula is C34H48F5NO4SSi. The monoisotopic (exact) mass is 689 g/mol. The van der Waals surface area contributed by atoms with Crippen LogP contribution in [0, 0.1) is 10.6 Å². The van der Waals surface area contributed by atoms with Gasteiger partial charge in [-0.05, 0) is 73.3 Å². The summed E-state index contributed by atoms with van der Waals surface area (Å²) in [7, 11) is -12.2. The van der Waals surface area contributed by atoms with Crippen LogP contribution in [-0.4, -0.2) is 21.5 Å². The predicted molar refractivity (Wildman–Crippen MR) is 172 cm³/mol. The van der Waals surface area contributed by atoms with Gasteiger partial charge in [-0.1, -0.05) is 79.0 Å². The van der Waals surface area contributed by atoms with Crippen molar-refractivity contribution in [2.45, 2.75) is 133 Å². The van der Waals surface area contributed by atoms with E-state index in [-0.39, 0.29) is 22.5 Å². The highest BCUT2D eigenvalue weighted by atomic mass is 32.5. The highest BCUT2D eigenvalue weighted by molar-refractivity contribution is 8.45. The SMILES string of the molecule is CC1(C)Cc2c(c3c(c(C4CCOCC4)[n+]2[O-])[C@@H](c2ccc(S(F)(F)(F)(F)F)cc2)OC32CCCC2)C(O[Si](C)(C)C(C)(C)C)C1. The van der Waals surface area contributed by atoms with E-state index in [0.29, 0.717) is 80.0 Å². The molecule has 1 aromatic carbocycles. The van der Waals surface area contributed by atoms with Crippen LogP contribution in [-0.2, 0) is 25.9 Å². The maximum absolute atomic E-state index is 14.9. The van der Waals surface area contributed by atoms with Gasteiger partial charge in [-0.2, -0.15) is 4.73 Å². The van der Waals surface area contributed by atoms with Crippen molar-refractivity contribution in [2.75, 3.05) is 13.2 Å². The quantitative estimate of drug-likeness (QED) is 0.136. The number of fused-ring (bicyclic) bond motifs is 4. The Morgan fingerprint density at radius 1 is 0.957 bits per heavy atom. The topological polar surface area (TPSA) is 54.6 Å². The summed E-state index contributed by atoms with van der Waals surface area (Å²) in [4.78, 5) is -1.93. The number of hydrogen-bond acceptors (Lipinski definition) is 4. The summed E-state index contributed by atoms with van der Waals surface area (Å²) in [5.41, 5.74) is 3.23. The molecule has 1 spiro atoms. The van der Waals surface area contributed by atoms with Crippen molar-refractivity contribution in [2.24, 2.45) is 5.41 Å². The van der Waals surface area contributed by atoms with Gasteiger partial charge < -0.3 is 19.1 Å².